The zero-order valence-electron chi connectivity index (χ0n) is 15.6. The molecule has 1 aliphatic carbocycles. The number of piperazine rings is 1. The third kappa shape index (κ3) is 4.27. The van der Waals surface area contributed by atoms with E-state index in [2.05, 4.69) is 45.2 Å². The number of benzene rings is 1. The highest BCUT2D eigenvalue weighted by molar-refractivity contribution is 5.82. The number of unbranched alkanes of at least 4 members (excludes halogenated alkanes) is 1. The Morgan fingerprint density at radius 3 is 2.56 bits per heavy atom. The second-order valence-corrected chi connectivity index (χ2v) is 7.99. The summed E-state index contributed by atoms with van der Waals surface area (Å²) in [5.74, 6) is 0. The van der Waals surface area contributed by atoms with Gasteiger partial charge in [0.1, 0.15) is 0 Å². The number of aryl methyl sites for hydroxylation is 1. The van der Waals surface area contributed by atoms with E-state index in [1.54, 1.807) is 0 Å². The standard InChI is InChI=1S/C22H33N3/c1-2-9-20(10-3-1)25-16-14-24(15-17-25)13-7-6-8-19-18-23-22-12-5-4-11-21(19)22/h4-5,11-12,18,20,23H,1-3,6-10,13-17H2. The summed E-state index contributed by atoms with van der Waals surface area (Å²) in [5.41, 5.74) is 2.76. The SMILES string of the molecule is c1ccc2c(CCCCN3CCN(C4CCCCC4)CC3)c[nH]c2c1. The highest BCUT2D eigenvalue weighted by Gasteiger charge is 2.24. The minimum Gasteiger partial charge on any atom is -0.361 e. The first-order chi connectivity index (χ1) is 12.4. The van der Waals surface area contributed by atoms with Crippen molar-refractivity contribution >= 4 is 10.9 Å². The van der Waals surface area contributed by atoms with Crippen molar-refractivity contribution in [3.63, 3.8) is 0 Å². The normalized spacial score (nSPS) is 21.1. The van der Waals surface area contributed by atoms with E-state index >= 15 is 0 Å². The van der Waals surface area contributed by atoms with Gasteiger partial charge in [0.2, 0.25) is 0 Å². The molecule has 0 radical (unpaired) electrons. The molecule has 2 heterocycles. The van der Waals surface area contributed by atoms with E-state index in [0.717, 1.165) is 6.04 Å². The molecular weight excluding hydrogens is 306 g/mol. The predicted molar refractivity (Wildman–Crippen MR) is 106 cm³/mol. The highest BCUT2D eigenvalue weighted by atomic mass is 15.3. The molecule has 0 spiro atoms. The molecule has 2 aliphatic rings. The maximum atomic E-state index is 3.40. The predicted octanol–water partition coefficient (Wildman–Crippen LogP) is 4.44. The zero-order valence-corrected chi connectivity index (χ0v) is 15.6. The van der Waals surface area contributed by atoms with Crippen LogP contribution in [-0.4, -0.2) is 53.5 Å². The number of H-pyrrole nitrogens is 1. The largest absolute Gasteiger partial charge is 0.361 e. The molecule has 3 heteroatoms. The fourth-order valence-corrected chi connectivity index (χ4v) is 4.79. The molecule has 1 aromatic carbocycles. The molecule has 0 unspecified atom stereocenters. The summed E-state index contributed by atoms with van der Waals surface area (Å²) in [6, 6.07) is 9.56. The summed E-state index contributed by atoms with van der Waals surface area (Å²) < 4.78 is 0. The summed E-state index contributed by atoms with van der Waals surface area (Å²) >= 11 is 0. The van der Waals surface area contributed by atoms with Crippen LogP contribution in [0, 0.1) is 0 Å². The smallest absolute Gasteiger partial charge is 0.0456 e. The molecule has 25 heavy (non-hydrogen) atoms. The fraction of sp³-hybridized carbons (Fsp3) is 0.636. The van der Waals surface area contributed by atoms with Gasteiger partial charge in [-0.1, -0.05) is 37.5 Å². The van der Waals surface area contributed by atoms with E-state index in [0.29, 0.717) is 0 Å². The van der Waals surface area contributed by atoms with E-state index in [4.69, 9.17) is 0 Å². The molecule has 1 N–H and O–H groups in total. The number of hydrogen-bond acceptors (Lipinski definition) is 2. The lowest BCUT2D eigenvalue weighted by atomic mass is 9.94. The van der Waals surface area contributed by atoms with Crippen LogP contribution in [0.1, 0.15) is 50.5 Å². The van der Waals surface area contributed by atoms with Crippen molar-refractivity contribution in [2.24, 2.45) is 0 Å². The van der Waals surface area contributed by atoms with Gasteiger partial charge in [0.05, 0.1) is 0 Å². The van der Waals surface area contributed by atoms with Crippen LogP contribution >= 0.6 is 0 Å². The summed E-state index contributed by atoms with van der Waals surface area (Å²) in [4.78, 5) is 8.87. The zero-order chi connectivity index (χ0) is 16.9. The molecule has 1 aromatic heterocycles. The monoisotopic (exact) mass is 339 g/mol. The van der Waals surface area contributed by atoms with Crippen LogP contribution in [0.4, 0.5) is 0 Å². The van der Waals surface area contributed by atoms with Gasteiger partial charge in [0.25, 0.3) is 0 Å². The number of para-hydroxylation sites is 1. The number of nitrogens with one attached hydrogen (secondary N) is 1. The van der Waals surface area contributed by atoms with Gasteiger partial charge >= 0.3 is 0 Å². The Balaban J connectivity index is 1.16. The van der Waals surface area contributed by atoms with E-state index in [9.17, 15) is 0 Å². The maximum Gasteiger partial charge on any atom is 0.0456 e. The Bertz CT molecular complexity index is 648. The number of aromatic amines is 1. The number of hydrogen-bond donors (Lipinski definition) is 1. The van der Waals surface area contributed by atoms with Gasteiger partial charge in [-0.2, -0.15) is 0 Å². The molecule has 0 bridgehead atoms. The van der Waals surface area contributed by atoms with Crippen molar-refractivity contribution in [1.82, 2.24) is 14.8 Å². The van der Waals surface area contributed by atoms with Crippen LogP contribution in [-0.2, 0) is 6.42 Å². The molecule has 1 saturated carbocycles. The minimum atomic E-state index is 0.901. The van der Waals surface area contributed by atoms with Crippen molar-refractivity contribution in [3.8, 4) is 0 Å². The Morgan fingerprint density at radius 1 is 0.920 bits per heavy atom. The van der Waals surface area contributed by atoms with Crippen LogP contribution in [0.3, 0.4) is 0 Å². The van der Waals surface area contributed by atoms with E-state index in [1.165, 1.54) is 101 Å². The second kappa shape index (κ2) is 8.37. The Labute approximate surface area is 152 Å². The second-order valence-electron chi connectivity index (χ2n) is 7.99. The fourth-order valence-electron chi connectivity index (χ4n) is 4.79. The first-order valence-corrected chi connectivity index (χ1v) is 10.4. The number of nitrogens with zero attached hydrogens (tertiary/aromatic N) is 2. The lowest BCUT2D eigenvalue weighted by Gasteiger charge is -2.40. The number of aromatic nitrogens is 1. The van der Waals surface area contributed by atoms with Crippen LogP contribution < -0.4 is 0 Å². The average molecular weight is 340 g/mol. The number of fused-ring (bicyclic) bond motifs is 1. The van der Waals surface area contributed by atoms with E-state index < -0.39 is 0 Å². The van der Waals surface area contributed by atoms with Crippen molar-refractivity contribution in [1.29, 1.82) is 0 Å². The summed E-state index contributed by atoms with van der Waals surface area (Å²) in [5, 5.41) is 1.41. The Hall–Kier alpha value is -1.32. The maximum absolute atomic E-state index is 3.40. The first kappa shape index (κ1) is 17.1. The summed E-state index contributed by atoms with van der Waals surface area (Å²) in [6.45, 7) is 6.44. The van der Waals surface area contributed by atoms with Gasteiger partial charge in [-0.15, -0.1) is 0 Å². The van der Waals surface area contributed by atoms with E-state index in [-0.39, 0.29) is 0 Å². The molecule has 2 aromatic rings. The molecule has 3 nitrogen and oxygen atoms in total. The van der Waals surface area contributed by atoms with Crippen LogP contribution in [0.5, 0.6) is 0 Å². The first-order valence-electron chi connectivity index (χ1n) is 10.4. The average Bonchev–Trinajstić information content (AvgIpc) is 3.10. The third-order valence-corrected chi connectivity index (χ3v) is 6.34. The van der Waals surface area contributed by atoms with Crippen molar-refractivity contribution in [3.05, 3.63) is 36.0 Å². The topological polar surface area (TPSA) is 22.3 Å². The van der Waals surface area contributed by atoms with Gasteiger partial charge in [-0.05, 0) is 50.3 Å². The lowest BCUT2D eigenvalue weighted by Crippen LogP contribution is -2.50. The Morgan fingerprint density at radius 2 is 1.72 bits per heavy atom. The Kier molecular flexibility index (Phi) is 5.73. The molecule has 1 saturated heterocycles. The van der Waals surface area contributed by atoms with Gasteiger partial charge in [-0.25, -0.2) is 0 Å². The third-order valence-electron chi connectivity index (χ3n) is 6.34. The molecule has 0 atom stereocenters. The van der Waals surface area contributed by atoms with Crippen LogP contribution in [0.2, 0.25) is 0 Å². The summed E-state index contributed by atoms with van der Waals surface area (Å²) in [6.07, 6.45) is 13.3. The van der Waals surface area contributed by atoms with Crippen molar-refractivity contribution in [2.75, 3.05) is 32.7 Å². The van der Waals surface area contributed by atoms with Gasteiger partial charge in [-0.3, -0.25) is 4.90 Å². The van der Waals surface area contributed by atoms with Gasteiger partial charge in [0.15, 0.2) is 0 Å². The van der Waals surface area contributed by atoms with E-state index in [1.807, 2.05) is 0 Å². The van der Waals surface area contributed by atoms with Crippen LogP contribution in [0.25, 0.3) is 10.9 Å². The lowest BCUT2D eigenvalue weighted by molar-refractivity contribution is 0.0782. The van der Waals surface area contributed by atoms with Crippen molar-refractivity contribution in [2.45, 2.75) is 57.4 Å². The molecule has 1 aliphatic heterocycles. The van der Waals surface area contributed by atoms with Gasteiger partial charge in [0, 0.05) is 49.3 Å². The van der Waals surface area contributed by atoms with Gasteiger partial charge < -0.3 is 9.88 Å². The molecule has 0 amide bonds. The molecular formula is C22H33N3. The number of rotatable bonds is 6. The minimum absolute atomic E-state index is 0.901. The highest BCUT2D eigenvalue weighted by Crippen LogP contribution is 2.24. The quantitative estimate of drug-likeness (QED) is 0.786. The summed E-state index contributed by atoms with van der Waals surface area (Å²) in [7, 11) is 0. The molecule has 4 rings (SSSR count). The van der Waals surface area contributed by atoms with Crippen LogP contribution in [0.15, 0.2) is 30.5 Å². The molecule has 2 fully saturated rings. The van der Waals surface area contributed by atoms with Crippen molar-refractivity contribution < 1.29 is 0 Å². The molecule has 136 valence electrons.